The zero-order chi connectivity index (χ0) is 15.2. The van der Waals surface area contributed by atoms with Gasteiger partial charge in [-0.05, 0) is 31.9 Å². The van der Waals surface area contributed by atoms with Crippen molar-refractivity contribution < 1.29 is 9.84 Å². The summed E-state index contributed by atoms with van der Waals surface area (Å²) in [6, 6.07) is 10.00. The van der Waals surface area contributed by atoms with E-state index < -0.39 is 6.10 Å². The second kappa shape index (κ2) is 7.27. The van der Waals surface area contributed by atoms with Crippen LogP contribution in [0.5, 0.6) is 5.75 Å². The number of aromatic nitrogens is 2. The van der Waals surface area contributed by atoms with Gasteiger partial charge >= 0.3 is 0 Å². The van der Waals surface area contributed by atoms with Crippen molar-refractivity contribution >= 4 is 0 Å². The number of para-hydroxylation sites is 1. The summed E-state index contributed by atoms with van der Waals surface area (Å²) in [7, 11) is 0. The molecule has 2 aromatic rings. The minimum Gasteiger partial charge on any atom is -0.487 e. The molecule has 0 amide bonds. The van der Waals surface area contributed by atoms with E-state index in [0.717, 1.165) is 24.1 Å². The molecule has 1 aromatic carbocycles. The molecule has 2 rings (SSSR count). The highest BCUT2D eigenvalue weighted by Crippen LogP contribution is 2.25. The van der Waals surface area contributed by atoms with Crippen LogP contribution in [0.1, 0.15) is 57.0 Å². The molecule has 0 unspecified atom stereocenters. The van der Waals surface area contributed by atoms with Gasteiger partial charge in [-0.1, -0.05) is 32.0 Å². The summed E-state index contributed by atoms with van der Waals surface area (Å²) in [5.74, 6) is 0.713. The quantitative estimate of drug-likeness (QED) is 0.841. The Morgan fingerprint density at radius 2 is 1.90 bits per heavy atom. The van der Waals surface area contributed by atoms with Gasteiger partial charge in [0.2, 0.25) is 0 Å². The Balaban J connectivity index is 2.04. The molecule has 0 saturated carbocycles. The van der Waals surface area contributed by atoms with Crippen LogP contribution in [-0.4, -0.2) is 14.9 Å². The molecule has 0 aliphatic heterocycles. The number of nitrogens with zero attached hydrogens (tertiary/aromatic N) is 2. The summed E-state index contributed by atoms with van der Waals surface area (Å²) in [6.45, 7) is 6.50. The number of rotatable bonds is 7. The Hall–Kier alpha value is -1.81. The molecule has 4 heteroatoms. The molecule has 1 heterocycles. The topological polar surface area (TPSA) is 47.3 Å². The van der Waals surface area contributed by atoms with Crippen LogP contribution in [-0.2, 0) is 6.61 Å². The maximum absolute atomic E-state index is 9.74. The maximum Gasteiger partial charge on any atom is 0.132 e. The monoisotopic (exact) mass is 288 g/mol. The van der Waals surface area contributed by atoms with Crippen LogP contribution < -0.4 is 4.74 Å². The fourth-order valence-electron chi connectivity index (χ4n) is 2.43. The molecular formula is C17H24N2O2. The van der Waals surface area contributed by atoms with Gasteiger partial charge in [-0.15, -0.1) is 0 Å². The molecule has 0 aliphatic carbocycles. The Labute approximate surface area is 126 Å². The van der Waals surface area contributed by atoms with E-state index in [1.165, 1.54) is 0 Å². The van der Waals surface area contributed by atoms with Gasteiger partial charge in [-0.2, -0.15) is 5.10 Å². The standard InChI is InChI=1S/C17H24N2O2/c1-4-15(5-2)19-11-10-14(18-19)12-21-17-9-7-6-8-16(17)13(3)20/h6-11,13,15,20H,4-5,12H2,1-3H3/t13-/m0/s1. The highest BCUT2D eigenvalue weighted by atomic mass is 16.5. The first kappa shape index (κ1) is 15.6. The van der Waals surface area contributed by atoms with Gasteiger partial charge in [0, 0.05) is 11.8 Å². The van der Waals surface area contributed by atoms with Crippen LogP contribution in [0.2, 0.25) is 0 Å². The second-order valence-electron chi connectivity index (χ2n) is 5.26. The second-order valence-corrected chi connectivity index (χ2v) is 5.26. The zero-order valence-electron chi connectivity index (χ0n) is 13.0. The normalized spacial score (nSPS) is 12.6. The fraction of sp³-hybridized carbons (Fsp3) is 0.471. The van der Waals surface area contributed by atoms with E-state index in [2.05, 4.69) is 18.9 Å². The van der Waals surface area contributed by atoms with Crippen molar-refractivity contribution in [2.45, 2.75) is 52.4 Å². The summed E-state index contributed by atoms with van der Waals surface area (Å²) in [4.78, 5) is 0. The Morgan fingerprint density at radius 3 is 2.57 bits per heavy atom. The van der Waals surface area contributed by atoms with Crippen LogP contribution in [0.25, 0.3) is 0 Å². The molecule has 0 saturated heterocycles. The lowest BCUT2D eigenvalue weighted by Crippen LogP contribution is -2.08. The average Bonchev–Trinajstić information content (AvgIpc) is 2.95. The fourth-order valence-corrected chi connectivity index (χ4v) is 2.43. The van der Waals surface area contributed by atoms with Crippen molar-refractivity contribution in [2.75, 3.05) is 0 Å². The number of aliphatic hydroxyl groups is 1. The van der Waals surface area contributed by atoms with Crippen LogP contribution in [0.4, 0.5) is 0 Å². The SMILES string of the molecule is CCC(CC)n1ccc(COc2ccccc2[C@H](C)O)n1. The Kier molecular flexibility index (Phi) is 5.39. The van der Waals surface area contributed by atoms with Gasteiger partial charge in [0.1, 0.15) is 12.4 Å². The summed E-state index contributed by atoms with van der Waals surface area (Å²) >= 11 is 0. The molecule has 1 N–H and O–H groups in total. The number of benzene rings is 1. The van der Waals surface area contributed by atoms with Gasteiger partial charge in [-0.25, -0.2) is 0 Å². The summed E-state index contributed by atoms with van der Waals surface area (Å²) < 4.78 is 7.82. The van der Waals surface area contributed by atoms with E-state index >= 15 is 0 Å². The zero-order valence-corrected chi connectivity index (χ0v) is 13.0. The first-order chi connectivity index (χ1) is 10.2. The maximum atomic E-state index is 9.74. The van der Waals surface area contributed by atoms with Crippen molar-refractivity contribution in [3.63, 3.8) is 0 Å². The molecule has 21 heavy (non-hydrogen) atoms. The van der Waals surface area contributed by atoms with Gasteiger partial charge in [0.25, 0.3) is 0 Å². The molecule has 4 nitrogen and oxygen atoms in total. The van der Waals surface area contributed by atoms with E-state index in [4.69, 9.17) is 4.74 Å². The third kappa shape index (κ3) is 3.85. The first-order valence-electron chi connectivity index (χ1n) is 7.59. The van der Waals surface area contributed by atoms with Crippen molar-refractivity contribution in [2.24, 2.45) is 0 Å². The van der Waals surface area contributed by atoms with E-state index in [0.29, 0.717) is 18.4 Å². The summed E-state index contributed by atoms with van der Waals surface area (Å²) in [5, 5.41) is 14.3. The first-order valence-corrected chi connectivity index (χ1v) is 7.59. The predicted octanol–water partition coefficient (Wildman–Crippen LogP) is 3.88. The van der Waals surface area contributed by atoms with Crippen LogP contribution in [0.15, 0.2) is 36.5 Å². The van der Waals surface area contributed by atoms with Crippen LogP contribution in [0, 0.1) is 0 Å². The van der Waals surface area contributed by atoms with E-state index in [-0.39, 0.29) is 0 Å². The molecular weight excluding hydrogens is 264 g/mol. The van der Waals surface area contributed by atoms with Gasteiger partial charge < -0.3 is 9.84 Å². The highest BCUT2D eigenvalue weighted by Gasteiger charge is 2.11. The molecule has 0 bridgehead atoms. The molecule has 0 spiro atoms. The minimum atomic E-state index is -0.539. The molecule has 1 aromatic heterocycles. The largest absolute Gasteiger partial charge is 0.487 e. The van der Waals surface area contributed by atoms with E-state index in [1.54, 1.807) is 6.92 Å². The lowest BCUT2D eigenvalue weighted by Gasteiger charge is -2.13. The molecule has 114 valence electrons. The van der Waals surface area contributed by atoms with E-state index in [9.17, 15) is 5.11 Å². The number of aliphatic hydroxyl groups excluding tert-OH is 1. The lowest BCUT2D eigenvalue weighted by molar-refractivity contribution is 0.189. The van der Waals surface area contributed by atoms with Gasteiger partial charge in [-0.3, -0.25) is 4.68 Å². The Bertz CT molecular complexity index is 559. The summed E-state index contributed by atoms with van der Waals surface area (Å²) in [6.07, 6.45) is 3.62. The lowest BCUT2D eigenvalue weighted by atomic mass is 10.1. The number of hydrogen-bond donors (Lipinski definition) is 1. The van der Waals surface area contributed by atoms with Crippen molar-refractivity contribution in [1.29, 1.82) is 0 Å². The predicted molar refractivity (Wildman–Crippen MR) is 83.3 cm³/mol. The summed E-state index contributed by atoms with van der Waals surface area (Å²) in [5.41, 5.74) is 1.71. The van der Waals surface area contributed by atoms with Crippen molar-refractivity contribution in [1.82, 2.24) is 9.78 Å². The van der Waals surface area contributed by atoms with Gasteiger partial charge in [0.15, 0.2) is 0 Å². The third-order valence-electron chi connectivity index (χ3n) is 3.72. The third-order valence-corrected chi connectivity index (χ3v) is 3.72. The van der Waals surface area contributed by atoms with Crippen LogP contribution in [0.3, 0.4) is 0 Å². The number of hydrogen-bond acceptors (Lipinski definition) is 3. The van der Waals surface area contributed by atoms with E-state index in [1.807, 2.05) is 41.2 Å². The van der Waals surface area contributed by atoms with Crippen molar-refractivity contribution in [3.05, 3.63) is 47.8 Å². The average molecular weight is 288 g/mol. The van der Waals surface area contributed by atoms with Crippen molar-refractivity contribution in [3.8, 4) is 5.75 Å². The highest BCUT2D eigenvalue weighted by molar-refractivity contribution is 5.34. The minimum absolute atomic E-state index is 0.414. The molecule has 1 atom stereocenters. The molecule has 0 fully saturated rings. The van der Waals surface area contributed by atoms with Gasteiger partial charge in [0.05, 0.1) is 17.8 Å². The number of ether oxygens (including phenoxy) is 1. The molecule has 0 radical (unpaired) electrons. The smallest absolute Gasteiger partial charge is 0.132 e. The Morgan fingerprint density at radius 1 is 1.19 bits per heavy atom. The molecule has 0 aliphatic rings. The van der Waals surface area contributed by atoms with Crippen LogP contribution >= 0.6 is 0 Å².